The normalized spacial score (nSPS) is 47.2. The highest BCUT2D eigenvalue weighted by Gasteiger charge is 2.62. The lowest BCUT2D eigenvalue weighted by atomic mass is 9.76. The molecule has 4 heteroatoms. The van der Waals surface area contributed by atoms with Crippen molar-refractivity contribution in [3.8, 4) is 0 Å². The van der Waals surface area contributed by atoms with Crippen LogP contribution >= 0.6 is 0 Å². The van der Waals surface area contributed by atoms with E-state index in [0.717, 1.165) is 32.1 Å². The van der Waals surface area contributed by atoms with E-state index in [1.165, 1.54) is 19.3 Å². The molecule has 0 radical (unpaired) electrons. The van der Waals surface area contributed by atoms with Crippen LogP contribution in [-0.4, -0.2) is 40.4 Å². The van der Waals surface area contributed by atoms with Crippen LogP contribution in [0.15, 0.2) is 0 Å². The van der Waals surface area contributed by atoms with Crippen LogP contribution in [-0.2, 0) is 9.47 Å². The molecule has 0 amide bonds. The molecule has 0 unspecified atom stereocenters. The Labute approximate surface area is 121 Å². The maximum Gasteiger partial charge on any atom is 0.200 e. The van der Waals surface area contributed by atoms with E-state index < -0.39 is 18.0 Å². The standard InChI is InChI=1S/C16H28O4/c1-2-3-4-5-6-13-14-10-8-11-7-9-12(17)15(18)16(11,19-13)20-14/h11-15,17-18H,2-10H2,1H3/t11-,12-,13-,14+,15-,16+/m0/s1. The molecule has 4 nitrogen and oxygen atoms in total. The summed E-state index contributed by atoms with van der Waals surface area (Å²) in [6.07, 6.45) is 8.21. The maximum absolute atomic E-state index is 10.4. The predicted octanol–water partition coefficient (Wildman–Crippen LogP) is 2.36. The molecular formula is C16H28O4. The molecule has 3 rings (SSSR count). The van der Waals surface area contributed by atoms with E-state index in [2.05, 4.69) is 6.92 Å². The van der Waals surface area contributed by atoms with Gasteiger partial charge in [-0.1, -0.05) is 32.6 Å². The zero-order chi connectivity index (χ0) is 14.2. The number of aliphatic hydroxyl groups excluding tert-OH is 2. The van der Waals surface area contributed by atoms with Crippen molar-refractivity contribution in [1.29, 1.82) is 0 Å². The van der Waals surface area contributed by atoms with Crippen LogP contribution in [0.1, 0.15) is 64.7 Å². The third-order valence-electron chi connectivity index (χ3n) is 5.38. The largest absolute Gasteiger partial charge is 0.390 e. The van der Waals surface area contributed by atoms with E-state index in [0.29, 0.717) is 6.42 Å². The van der Waals surface area contributed by atoms with Gasteiger partial charge in [0.25, 0.3) is 0 Å². The van der Waals surface area contributed by atoms with Gasteiger partial charge in [0.1, 0.15) is 6.10 Å². The molecule has 2 saturated heterocycles. The van der Waals surface area contributed by atoms with Crippen molar-refractivity contribution < 1.29 is 19.7 Å². The Morgan fingerprint density at radius 3 is 2.60 bits per heavy atom. The average molecular weight is 284 g/mol. The highest BCUT2D eigenvalue weighted by molar-refractivity contribution is 5.04. The van der Waals surface area contributed by atoms with Crippen molar-refractivity contribution in [3.05, 3.63) is 0 Å². The highest BCUT2D eigenvalue weighted by Crippen LogP contribution is 2.51. The van der Waals surface area contributed by atoms with Crippen molar-refractivity contribution in [2.75, 3.05) is 0 Å². The molecule has 1 saturated carbocycles. The molecule has 2 aliphatic heterocycles. The second-order valence-electron chi connectivity index (χ2n) is 6.75. The first-order valence-electron chi connectivity index (χ1n) is 8.39. The van der Waals surface area contributed by atoms with E-state index in [1.807, 2.05) is 0 Å². The molecule has 3 aliphatic rings. The van der Waals surface area contributed by atoms with E-state index in [1.54, 1.807) is 0 Å². The Morgan fingerprint density at radius 2 is 1.80 bits per heavy atom. The van der Waals surface area contributed by atoms with Crippen molar-refractivity contribution in [2.45, 2.75) is 94.9 Å². The molecule has 6 atom stereocenters. The van der Waals surface area contributed by atoms with Gasteiger partial charge in [-0.3, -0.25) is 0 Å². The lowest BCUT2D eigenvalue weighted by molar-refractivity contribution is -0.308. The molecule has 0 aromatic carbocycles. The summed E-state index contributed by atoms with van der Waals surface area (Å²) in [5.41, 5.74) is 0. The van der Waals surface area contributed by atoms with Gasteiger partial charge in [-0.25, -0.2) is 0 Å². The Balaban J connectivity index is 1.64. The van der Waals surface area contributed by atoms with Crippen LogP contribution in [0.25, 0.3) is 0 Å². The molecule has 2 N–H and O–H groups in total. The number of fused-ring (bicyclic) bond motifs is 1. The number of unbranched alkanes of at least 4 members (excludes halogenated alkanes) is 3. The minimum absolute atomic E-state index is 0.108. The summed E-state index contributed by atoms with van der Waals surface area (Å²) in [7, 11) is 0. The van der Waals surface area contributed by atoms with Crippen LogP contribution < -0.4 is 0 Å². The van der Waals surface area contributed by atoms with E-state index >= 15 is 0 Å². The van der Waals surface area contributed by atoms with Gasteiger partial charge in [0.05, 0.1) is 18.3 Å². The molecule has 2 bridgehead atoms. The SMILES string of the molecule is CCCCCC[C@@H]1O[C@@]23O[C@@H]1CC[C@@H]2CC[C@H](O)[C@@H]3O. The fourth-order valence-electron chi connectivity index (χ4n) is 4.20. The van der Waals surface area contributed by atoms with Gasteiger partial charge in [0.2, 0.25) is 5.79 Å². The molecule has 2 heterocycles. The monoisotopic (exact) mass is 284 g/mol. The molecule has 0 aromatic rings. The maximum atomic E-state index is 10.4. The Kier molecular flexibility index (Phi) is 4.37. The topological polar surface area (TPSA) is 58.9 Å². The van der Waals surface area contributed by atoms with Crippen LogP contribution in [0.2, 0.25) is 0 Å². The van der Waals surface area contributed by atoms with Crippen LogP contribution in [0.5, 0.6) is 0 Å². The number of hydrogen-bond donors (Lipinski definition) is 2. The van der Waals surface area contributed by atoms with Gasteiger partial charge in [0, 0.05) is 5.92 Å². The zero-order valence-electron chi connectivity index (χ0n) is 12.5. The molecule has 116 valence electrons. The summed E-state index contributed by atoms with van der Waals surface area (Å²) in [6.45, 7) is 2.21. The predicted molar refractivity (Wildman–Crippen MR) is 75.2 cm³/mol. The molecular weight excluding hydrogens is 256 g/mol. The van der Waals surface area contributed by atoms with Crippen molar-refractivity contribution in [2.24, 2.45) is 5.92 Å². The van der Waals surface area contributed by atoms with E-state index in [9.17, 15) is 10.2 Å². The number of ether oxygens (including phenoxy) is 2. The molecule has 1 spiro atoms. The summed E-state index contributed by atoms with van der Waals surface area (Å²) in [5.74, 6) is -0.659. The minimum atomic E-state index is -0.907. The summed E-state index contributed by atoms with van der Waals surface area (Å²) in [4.78, 5) is 0. The van der Waals surface area contributed by atoms with Crippen LogP contribution in [0.3, 0.4) is 0 Å². The van der Waals surface area contributed by atoms with E-state index in [-0.39, 0.29) is 18.1 Å². The van der Waals surface area contributed by atoms with Crippen LogP contribution in [0.4, 0.5) is 0 Å². The quantitative estimate of drug-likeness (QED) is 0.761. The number of aliphatic hydroxyl groups is 2. The van der Waals surface area contributed by atoms with Gasteiger partial charge in [-0.05, 0) is 32.1 Å². The molecule has 3 fully saturated rings. The van der Waals surface area contributed by atoms with Gasteiger partial charge in [-0.15, -0.1) is 0 Å². The van der Waals surface area contributed by atoms with E-state index in [4.69, 9.17) is 9.47 Å². The first-order valence-corrected chi connectivity index (χ1v) is 8.39. The summed E-state index contributed by atoms with van der Waals surface area (Å²) < 4.78 is 12.3. The fraction of sp³-hybridized carbons (Fsp3) is 1.00. The lowest BCUT2D eigenvalue weighted by Gasteiger charge is -2.47. The Hall–Kier alpha value is -0.160. The fourth-order valence-corrected chi connectivity index (χ4v) is 4.20. The van der Waals surface area contributed by atoms with Crippen LogP contribution in [0, 0.1) is 5.92 Å². The highest BCUT2D eigenvalue weighted by atomic mass is 16.8. The van der Waals surface area contributed by atoms with Crippen molar-refractivity contribution in [3.63, 3.8) is 0 Å². The van der Waals surface area contributed by atoms with Crippen molar-refractivity contribution in [1.82, 2.24) is 0 Å². The van der Waals surface area contributed by atoms with Crippen molar-refractivity contribution >= 4 is 0 Å². The Bertz CT molecular complexity index is 330. The molecule has 1 aliphatic carbocycles. The third-order valence-corrected chi connectivity index (χ3v) is 5.38. The summed E-state index contributed by atoms with van der Waals surface area (Å²) in [5, 5.41) is 20.3. The zero-order valence-corrected chi connectivity index (χ0v) is 12.5. The van der Waals surface area contributed by atoms with Gasteiger partial charge in [-0.2, -0.15) is 0 Å². The number of rotatable bonds is 5. The summed E-state index contributed by atoms with van der Waals surface area (Å²) in [6, 6.07) is 0. The Morgan fingerprint density at radius 1 is 1.00 bits per heavy atom. The first-order chi connectivity index (χ1) is 9.67. The summed E-state index contributed by atoms with van der Waals surface area (Å²) >= 11 is 0. The number of hydrogen-bond acceptors (Lipinski definition) is 4. The minimum Gasteiger partial charge on any atom is -0.390 e. The molecule has 20 heavy (non-hydrogen) atoms. The second-order valence-corrected chi connectivity index (χ2v) is 6.75. The third kappa shape index (κ3) is 2.41. The van der Waals surface area contributed by atoms with Gasteiger partial charge >= 0.3 is 0 Å². The van der Waals surface area contributed by atoms with Gasteiger partial charge in [0.15, 0.2) is 0 Å². The smallest absolute Gasteiger partial charge is 0.200 e. The first kappa shape index (κ1) is 14.8. The second kappa shape index (κ2) is 5.91. The molecule has 0 aromatic heterocycles. The average Bonchev–Trinajstić information content (AvgIpc) is 2.74. The lowest BCUT2D eigenvalue weighted by Crippen LogP contribution is -2.59. The van der Waals surface area contributed by atoms with Gasteiger partial charge < -0.3 is 19.7 Å².